The number of sulfonamides is 1. The van der Waals surface area contributed by atoms with Crippen LogP contribution in [0.3, 0.4) is 0 Å². The number of hydrogen-bond acceptors (Lipinski definition) is 3. The van der Waals surface area contributed by atoms with Crippen molar-refractivity contribution in [3.8, 4) is 0 Å². The third-order valence-corrected chi connectivity index (χ3v) is 7.40. The number of aryl methyl sites for hydroxylation is 2. The number of carbonyl (C=O) groups is 1. The summed E-state index contributed by atoms with van der Waals surface area (Å²) < 4.78 is 27.9. The lowest BCUT2D eigenvalue weighted by Crippen LogP contribution is -2.35. The van der Waals surface area contributed by atoms with E-state index in [1.165, 1.54) is 0 Å². The molecular formula is C21H25BrN2O3S. The number of hydrogen-bond donors (Lipinski definition) is 1. The topological polar surface area (TPSA) is 66.5 Å². The first-order valence-corrected chi connectivity index (χ1v) is 11.7. The largest absolute Gasteiger partial charge is 0.326 e. The number of piperidine rings is 1. The molecule has 5 nitrogen and oxygen atoms in total. The summed E-state index contributed by atoms with van der Waals surface area (Å²) in [6.07, 6.45) is 3.83. The van der Waals surface area contributed by atoms with E-state index in [0.717, 1.165) is 40.5 Å². The summed E-state index contributed by atoms with van der Waals surface area (Å²) >= 11 is 3.41. The molecule has 150 valence electrons. The molecule has 1 amide bonds. The number of amides is 1. The van der Waals surface area contributed by atoms with Crippen LogP contribution in [-0.4, -0.2) is 31.7 Å². The number of nitrogens with zero attached hydrogens (tertiary/aromatic N) is 1. The molecule has 2 aromatic rings. The van der Waals surface area contributed by atoms with E-state index in [9.17, 15) is 13.2 Å². The van der Waals surface area contributed by atoms with Gasteiger partial charge in [-0.1, -0.05) is 40.5 Å². The normalized spacial score (nSPS) is 15.4. The fourth-order valence-corrected chi connectivity index (χ4v) is 5.16. The average Bonchev–Trinajstić information content (AvgIpc) is 2.70. The first-order valence-electron chi connectivity index (χ1n) is 9.51. The van der Waals surface area contributed by atoms with E-state index >= 15 is 0 Å². The van der Waals surface area contributed by atoms with E-state index in [1.54, 1.807) is 28.6 Å². The van der Waals surface area contributed by atoms with Crippen molar-refractivity contribution < 1.29 is 13.2 Å². The van der Waals surface area contributed by atoms with Crippen molar-refractivity contribution in [3.05, 3.63) is 58.1 Å². The quantitative estimate of drug-likeness (QED) is 0.683. The fourth-order valence-electron chi connectivity index (χ4n) is 3.28. The van der Waals surface area contributed by atoms with Crippen molar-refractivity contribution >= 4 is 37.5 Å². The fraction of sp³-hybridized carbons (Fsp3) is 0.381. The Morgan fingerprint density at radius 3 is 2.43 bits per heavy atom. The van der Waals surface area contributed by atoms with Gasteiger partial charge < -0.3 is 5.32 Å². The minimum atomic E-state index is -3.41. The molecule has 0 unspecified atom stereocenters. The third kappa shape index (κ3) is 5.21. The highest BCUT2D eigenvalue weighted by Gasteiger charge is 2.25. The summed E-state index contributed by atoms with van der Waals surface area (Å²) in [6, 6.07) is 12.7. The summed E-state index contributed by atoms with van der Waals surface area (Å²) in [6.45, 7) is 3.14. The van der Waals surface area contributed by atoms with Crippen LogP contribution in [0.2, 0.25) is 0 Å². The van der Waals surface area contributed by atoms with E-state index in [1.807, 2.05) is 25.1 Å². The highest BCUT2D eigenvalue weighted by Crippen LogP contribution is 2.22. The SMILES string of the molecule is Cc1ccc(Br)cc1NC(=O)CCc1ccc(S(=O)(=O)N2CCCCC2)cc1. The molecule has 2 aromatic carbocycles. The Morgan fingerprint density at radius 2 is 1.75 bits per heavy atom. The molecule has 1 heterocycles. The maximum Gasteiger partial charge on any atom is 0.243 e. The maximum atomic E-state index is 12.7. The number of halogens is 1. The molecule has 1 saturated heterocycles. The van der Waals surface area contributed by atoms with Gasteiger partial charge in [0.2, 0.25) is 15.9 Å². The second-order valence-corrected chi connectivity index (χ2v) is 9.97. The zero-order chi connectivity index (χ0) is 20.1. The molecule has 1 N–H and O–H groups in total. The van der Waals surface area contributed by atoms with Crippen LogP contribution in [0.1, 0.15) is 36.8 Å². The van der Waals surface area contributed by atoms with Gasteiger partial charge in [0.1, 0.15) is 0 Å². The molecule has 0 aliphatic carbocycles. The summed E-state index contributed by atoms with van der Waals surface area (Å²) in [4.78, 5) is 12.6. The smallest absolute Gasteiger partial charge is 0.243 e. The Kier molecular flexibility index (Phi) is 6.91. The Hall–Kier alpha value is -1.70. The predicted molar refractivity (Wildman–Crippen MR) is 115 cm³/mol. The molecule has 3 rings (SSSR count). The number of nitrogens with one attached hydrogen (secondary N) is 1. The Balaban J connectivity index is 1.58. The van der Waals surface area contributed by atoms with Gasteiger partial charge in [0.25, 0.3) is 0 Å². The van der Waals surface area contributed by atoms with E-state index in [-0.39, 0.29) is 5.91 Å². The van der Waals surface area contributed by atoms with Crippen LogP contribution in [-0.2, 0) is 21.2 Å². The Labute approximate surface area is 175 Å². The van der Waals surface area contributed by atoms with Gasteiger partial charge in [-0.2, -0.15) is 4.31 Å². The molecule has 0 spiro atoms. The summed E-state index contributed by atoms with van der Waals surface area (Å²) in [5, 5.41) is 2.93. The van der Waals surface area contributed by atoms with E-state index < -0.39 is 10.0 Å². The van der Waals surface area contributed by atoms with Gasteiger partial charge in [-0.05, 0) is 61.6 Å². The van der Waals surface area contributed by atoms with E-state index in [0.29, 0.717) is 30.8 Å². The van der Waals surface area contributed by atoms with Crippen molar-refractivity contribution in [2.24, 2.45) is 0 Å². The molecule has 0 atom stereocenters. The van der Waals surface area contributed by atoms with Crippen LogP contribution in [0, 0.1) is 6.92 Å². The van der Waals surface area contributed by atoms with Gasteiger partial charge >= 0.3 is 0 Å². The lowest BCUT2D eigenvalue weighted by molar-refractivity contribution is -0.116. The first kappa shape index (κ1) is 21.0. The zero-order valence-corrected chi connectivity index (χ0v) is 18.4. The van der Waals surface area contributed by atoms with Gasteiger partial charge in [-0.15, -0.1) is 0 Å². The van der Waals surface area contributed by atoms with Crippen LogP contribution in [0.25, 0.3) is 0 Å². The highest BCUT2D eigenvalue weighted by molar-refractivity contribution is 9.10. The van der Waals surface area contributed by atoms with Crippen LogP contribution in [0.15, 0.2) is 51.8 Å². The molecule has 1 aliphatic rings. The van der Waals surface area contributed by atoms with Crippen molar-refractivity contribution in [1.29, 1.82) is 0 Å². The molecule has 0 aromatic heterocycles. The number of rotatable bonds is 6. The third-order valence-electron chi connectivity index (χ3n) is 4.99. The van der Waals surface area contributed by atoms with Crippen LogP contribution in [0.5, 0.6) is 0 Å². The van der Waals surface area contributed by atoms with Crippen LogP contribution in [0.4, 0.5) is 5.69 Å². The van der Waals surface area contributed by atoms with Gasteiger partial charge in [-0.3, -0.25) is 4.79 Å². The van der Waals surface area contributed by atoms with Crippen molar-refractivity contribution in [3.63, 3.8) is 0 Å². The summed E-state index contributed by atoms with van der Waals surface area (Å²) in [5.41, 5.74) is 2.74. The first-order chi connectivity index (χ1) is 13.4. The number of benzene rings is 2. The van der Waals surface area contributed by atoms with Gasteiger partial charge in [0, 0.05) is 29.7 Å². The molecule has 28 heavy (non-hydrogen) atoms. The van der Waals surface area contributed by atoms with Crippen molar-refractivity contribution in [2.45, 2.75) is 43.9 Å². The van der Waals surface area contributed by atoms with Crippen LogP contribution >= 0.6 is 15.9 Å². The molecular weight excluding hydrogens is 440 g/mol. The number of anilines is 1. The second-order valence-electron chi connectivity index (χ2n) is 7.12. The maximum absolute atomic E-state index is 12.7. The van der Waals surface area contributed by atoms with Gasteiger partial charge in [0.15, 0.2) is 0 Å². The Bertz CT molecular complexity index is 937. The molecule has 0 saturated carbocycles. The molecule has 7 heteroatoms. The van der Waals surface area contributed by atoms with Gasteiger partial charge in [-0.25, -0.2) is 8.42 Å². The van der Waals surface area contributed by atoms with Crippen LogP contribution < -0.4 is 5.32 Å². The lowest BCUT2D eigenvalue weighted by atomic mass is 10.1. The lowest BCUT2D eigenvalue weighted by Gasteiger charge is -2.25. The van der Waals surface area contributed by atoms with Crippen molar-refractivity contribution in [2.75, 3.05) is 18.4 Å². The second kappa shape index (κ2) is 9.20. The molecule has 0 radical (unpaired) electrons. The zero-order valence-electron chi connectivity index (χ0n) is 15.9. The molecule has 1 fully saturated rings. The highest BCUT2D eigenvalue weighted by atomic mass is 79.9. The minimum Gasteiger partial charge on any atom is -0.326 e. The predicted octanol–water partition coefficient (Wildman–Crippen LogP) is 4.50. The summed E-state index contributed by atoms with van der Waals surface area (Å²) in [5.74, 6) is -0.0637. The standard InChI is InChI=1S/C21H25BrN2O3S/c1-16-5-9-18(22)15-20(16)23-21(25)12-8-17-6-10-19(11-7-17)28(26,27)24-13-3-2-4-14-24/h5-7,9-11,15H,2-4,8,12-14H2,1H3,(H,23,25). The minimum absolute atomic E-state index is 0.0637. The van der Waals surface area contributed by atoms with E-state index in [2.05, 4.69) is 21.2 Å². The number of carbonyl (C=O) groups excluding carboxylic acids is 1. The van der Waals surface area contributed by atoms with Crippen molar-refractivity contribution in [1.82, 2.24) is 4.31 Å². The monoisotopic (exact) mass is 464 g/mol. The summed E-state index contributed by atoms with van der Waals surface area (Å²) in [7, 11) is -3.41. The Morgan fingerprint density at radius 1 is 1.07 bits per heavy atom. The van der Waals surface area contributed by atoms with Gasteiger partial charge in [0.05, 0.1) is 4.90 Å². The molecule has 0 bridgehead atoms. The average molecular weight is 465 g/mol. The molecule has 1 aliphatic heterocycles. The van der Waals surface area contributed by atoms with E-state index in [4.69, 9.17) is 0 Å².